The lowest BCUT2D eigenvalue weighted by atomic mass is 9.98. The molecular weight excluding hydrogens is 384 g/mol. The van der Waals surface area contributed by atoms with Gasteiger partial charge in [0.1, 0.15) is 0 Å². The van der Waals surface area contributed by atoms with Crippen molar-refractivity contribution in [1.29, 1.82) is 0 Å². The van der Waals surface area contributed by atoms with Gasteiger partial charge in [-0.05, 0) is 68.4 Å². The van der Waals surface area contributed by atoms with Gasteiger partial charge in [-0.2, -0.15) is 0 Å². The molecule has 0 unspecified atom stereocenters. The molecule has 0 aliphatic carbocycles. The van der Waals surface area contributed by atoms with Crippen LogP contribution in [0, 0.1) is 0 Å². The monoisotopic (exact) mass is 406 g/mol. The first-order valence-electron chi connectivity index (χ1n) is 9.59. The number of nitrogens with zero attached hydrogens (tertiary/aromatic N) is 1. The average Bonchev–Trinajstić information content (AvgIpc) is 2.76. The van der Waals surface area contributed by atoms with Crippen molar-refractivity contribution >= 4 is 34.7 Å². The van der Waals surface area contributed by atoms with Crippen molar-refractivity contribution in [3.05, 3.63) is 94.5 Å². The Labute approximate surface area is 176 Å². The number of hydrogen-bond acceptors (Lipinski definition) is 3. The first-order chi connectivity index (χ1) is 14.0. The van der Waals surface area contributed by atoms with Crippen molar-refractivity contribution in [2.75, 3.05) is 23.3 Å². The number of nitrogens with one attached hydrogen (secondary N) is 1. The third kappa shape index (κ3) is 4.84. The number of amides is 1. The van der Waals surface area contributed by atoms with E-state index < -0.39 is 0 Å². The van der Waals surface area contributed by atoms with Gasteiger partial charge in [-0.15, -0.1) is 0 Å². The van der Waals surface area contributed by atoms with Crippen LogP contribution in [0.1, 0.15) is 40.1 Å². The minimum absolute atomic E-state index is 0.218. The van der Waals surface area contributed by atoms with E-state index in [1.165, 1.54) is 0 Å². The molecule has 3 aromatic carbocycles. The lowest BCUT2D eigenvalue weighted by Gasteiger charge is -2.21. The molecule has 3 aromatic rings. The maximum Gasteiger partial charge on any atom is 0.256 e. The third-order valence-corrected chi connectivity index (χ3v) is 5.03. The fourth-order valence-corrected chi connectivity index (χ4v) is 3.30. The van der Waals surface area contributed by atoms with Crippen molar-refractivity contribution in [2.24, 2.45) is 0 Å². The quantitative estimate of drug-likeness (QED) is 0.514. The second-order valence-electron chi connectivity index (χ2n) is 6.55. The van der Waals surface area contributed by atoms with Crippen LogP contribution in [0.5, 0.6) is 0 Å². The zero-order valence-electron chi connectivity index (χ0n) is 16.5. The molecule has 29 heavy (non-hydrogen) atoms. The molecule has 0 aliphatic heterocycles. The van der Waals surface area contributed by atoms with Gasteiger partial charge in [0.2, 0.25) is 0 Å². The molecule has 0 aromatic heterocycles. The molecular formula is C24H23ClN2O2. The summed E-state index contributed by atoms with van der Waals surface area (Å²) in [6, 6.07) is 21.2. The molecule has 0 bridgehead atoms. The molecule has 5 heteroatoms. The Morgan fingerprint density at radius 1 is 0.828 bits per heavy atom. The Hall–Kier alpha value is -3.11. The number of anilines is 2. The lowest BCUT2D eigenvalue weighted by Crippen LogP contribution is -2.21. The van der Waals surface area contributed by atoms with Gasteiger partial charge in [0, 0.05) is 40.6 Å². The minimum Gasteiger partial charge on any atom is -0.372 e. The lowest BCUT2D eigenvalue weighted by molar-refractivity contribution is 0.0996. The molecule has 0 heterocycles. The molecule has 148 valence electrons. The smallest absolute Gasteiger partial charge is 0.256 e. The largest absolute Gasteiger partial charge is 0.372 e. The zero-order valence-corrected chi connectivity index (χ0v) is 17.2. The first kappa shape index (κ1) is 20.6. The Morgan fingerprint density at radius 3 is 2.00 bits per heavy atom. The summed E-state index contributed by atoms with van der Waals surface area (Å²) in [5, 5.41) is 3.44. The van der Waals surface area contributed by atoms with Gasteiger partial charge in [-0.25, -0.2) is 0 Å². The molecule has 3 rings (SSSR count). The van der Waals surface area contributed by atoms with Crippen LogP contribution in [-0.2, 0) is 0 Å². The summed E-state index contributed by atoms with van der Waals surface area (Å²) in [4.78, 5) is 28.0. The van der Waals surface area contributed by atoms with Gasteiger partial charge in [-0.3, -0.25) is 9.59 Å². The van der Waals surface area contributed by atoms with Gasteiger partial charge in [0.05, 0.1) is 5.56 Å². The van der Waals surface area contributed by atoms with Crippen LogP contribution in [0.4, 0.5) is 11.4 Å². The van der Waals surface area contributed by atoms with Crippen molar-refractivity contribution in [2.45, 2.75) is 13.8 Å². The zero-order chi connectivity index (χ0) is 20.8. The molecule has 0 spiro atoms. The molecule has 0 aliphatic rings. The number of carbonyl (C=O) groups excluding carboxylic acids is 2. The molecule has 0 radical (unpaired) electrons. The normalized spacial score (nSPS) is 10.4. The maximum atomic E-state index is 12.9. The van der Waals surface area contributed by atoms with Crippen LogP contribution in [0.15, 0.2) is 72.8 Å². The van der Waals surface area contributed by atoms with Gasteiger partial charge < -0.3 is 10.2 Å². The molecule has 0 saturated carbocycles. The molecule has 1 amide bonds. The highest BCUT2D eigenvalue weighted by molar-refractivity contribution is 6.30. The highest BCUT2D eigenvalue weighted by atomic mass is 35.5. The highest BCUT2D eigenvalue weighted by Crippen LogP contribution is 2.21. The van der Waals surface area contributed by atoms with Crippen molar-refractivity contribution in [1.82, 2.24) is 0 Å². The van der Waals surface area contributed by atoms with E-state index in [0.717, 1.165) is 18.8 Å². The van der Waals surface area contributed by atoms with Crippen LogP contribution in [0.3, 0.4) is 0 Å². The van der Waals surface area contributed by atoms with Crippen LogP contribution in [0.25, 0.3) is 0 Å². The van der Waals surface area contributed by atoms with E-state index in [0.29, 0.717) is 27.4 Å². The molecule has 0 atom stereocenters. The van der Waals surface area contributed by atoms with Gasteiger partial charge in [-0.1, -0.05) is 29.8 Å². The number of carbonyl (C=O) groups is 2. The second kappa shape index (κ2) is 9.39. The third-order valence-electron chi connectivity index (χ3n) is 4.78. The Kier molecular flexibility index (Phi) is 6.68. The standard InChI is InChI=1S/C24H23ClN2O2/c1-3-27(4-2)20-15-13-19(14-16-20)26-24(29)22-8-6-5-7-21(22)23(28)17-9-11-18(25)12-10-17/h5-16H,3-4H2,1-2H3,(H,26,29). The number of halogens is 1. The fourth-order valence-electron chi connectivity index (χ4n) is 3.18. The van der Waals surface area contributed by atoms with Crippen LogP contribution in [0.2, 0.25) is 5.02 Å². The second-order valence-corrected chi connectivity index (χ2v) is 6.99. The average molecular weight is 407 g/mol. The Morgan fingerprint density at radius 2 is 1.41 bits per heavy atom. The van der Waals surface area contributed by atoms with Crippen molar-refractivity contribution < 1.29 is 9.59 Å². The van der Waals surface area contributed by atoms with E-state index in [-0.39, 0.29) is 11.7 Å². The van der Waals surface area contributed by atoms with E-state index in [1.807, 2.05) is 24.3 Å². The van der Waals surface area contributed by atoms with E-state index in [1.54, 1.807) is 48.5 Å². The van der Waals surface area contributed by atoms with Crippen LogP contribution in [-0.4, -0.2) is 24.8 Å². The van der Waals surface area contributed by atoms with Gasteiger partial charge >= 0.3 is 0 Å². The van der Waals surface area contributed by atoms with E-state index in [2.05, 4.69) is 24.1 Å². The number of hydrogen-bond donors (Lipinski definition) is 1. The molecule has 4 nitrogen and oxygen atoms in total. The Balaban J connectivity index is 1.81. The summed E-state index contributed by atoms with van der Waals surface area (Å²) < 4.78 is 0. The molecule has 1 N–H and O–H groups in total. The van der Waals surface area contributed by atoms with Gasteiger partial charge in [0.15, 0.2) is 5.78 Å². The summed E-state index contributed by atoms with van der Waals surface area (Å²) in [6.45, 7) is 6.05. The maximum absolute atomic E-state index is 12.9. The number of rotatable bonds is 7. The van der Waals surface area contributed by atoms with Crippen molar-refractivity contribution in [3.63, 3.8) is 0 Å². The molecule has 0 saturated heterocycles. The minimum atomic E-state index is -0.321. The van der Waals surface area contributed by atoms with E-state index in [9.17, 15) is 9.59 Å². The summed E-state index contributed by atoms with van der Waals surface area (Å²) in [7, 11) is 0. The predicted molar refractivity (Wildman–Crippen MR) is 119 cm³/mol. The van der Waals surface area contributed by atoms with Crippen LogP contribution >= 0.6 is 11.6 Å². The molecule has 0 fully saturated rings. The van der Waals surface area contributed by atoms with Crippen LogP contribution < -0.4 is 10.2 Å². The van der Waals surface area contributed by atoms with Crippen molar-refractivity contribution in [3.8, 4) is 0 Å². The SMILES string of the molecule is CCN(CC)c1ccc(NC(=O)c2ccccc2C(=O)c2ccc(Cl)cc2)cc1. The highest BCUT2D eigenvalue weighted by Gasteiger charge is 2.18. The summed E-state index contributed by atoms with van der Waals surface area (Å²) in [5.41, 5.74) is 2.96. The number of ketones is 1. The number of benzene rings is 3. The summed E-state index contributed by atoms with van der Waals surface area (Å²) >= 11 is 5.91. The van der Waals surface area contributed by atoms with E-state index in [4.69, 9.17) is 11.6 Å². The summed E-state index contributed by atoms with van der Waals surface area (Å²) in [6.07, 6.45) is 0. The predicted octanol–water partition coefficient (Wildman–Crippen LogP) is 5.67. The van der Waals surface area contributed by atoms with Gasteiger partial charge in [0.25, 0.3) is 5.91 Å². The topological polar surface area (TPSA) is 49.4 Å². The first-order valence-corrected chi connectivity index (χ1v) is 9.97. The van der Waals surface area contributed by atoms with E-state index >= 15 is 0 Å². The Bertz CT molecular complexity index is 994. The summed E-state index contributed by atoms with van der Waals surface area (Å²) in [5.74, 6) is -0.539. The fraction of sp³-hybridized carbons (Fsp3) is 0.167.